The van der Waals surface area contributed by atoms with E-state index >= 15 is 0 Å². The summed E-state index contributed by atoms with van der Waals surface area (Å²) < 4.78 is 0. The van der Waals surface area contributed by atoms with Crippen molar-refractivity contribution in [2.24, 2.45) is 23.0 Å². The maximum absolute atomic E-state index is 11.2. The van der Waals surface area contributed by atoms with E-state index in [9.17, 15) is 5.11 Å². The quantitative estimate of drug-likeness (QED) is 0.760. The number of likely N-dealkylation sites (tertiary alicyclic amines) is 1. The van der Waals surface area contributed by atoms with E-state index in [4.69, 9.17) is 5.73 Å². The number of hydrogen-bond acceptors (Lipinski definition) is 3. The SMILES string of the molecule is CC1CC(O)(C2(CN)CC3CCC2C3)CN1C. The molecule has 3 N–H and O–H groups in total. The molecule has 0 radical (unpaired) electrons. The number of rotatable bonds is 2. The van der Waals surface area contributed by atoms with Crippen molar-refractivity contribution < 1.29 is 5.11 Å². The number of nitrogens with two attached hydrogens (primary N) is 1. The van der Waals surface area contributed by atoms with E-state index < -0.39 is 5.60 Å². The van der Waals surface area contributed by atoms with Gasteiger partial charge in [-0.1, -0.05) is 6.42 Å². The van der Waals surface area contributed by atoms with Crippen molar-refractivity contribution >= 4 is 0 Å². The van der Waals surface area contributed by atoms with E-state index in [1.54, 1.807) is 0 Å². The van der Waals surface area contributed by atoms with Crippen LogP contribution < -0.4 is 5.73 Å². The molecule has 3 rings (SSSR count). The smallest absolute Gasteiger partial charge is 0.0859 e. The van der Waals surface area contributed by atoms with Crippen LogP contribution in [0.3, 0.4) is 0 Å². The second-order valence-electron chi connectivity index (χ2n) is 6.94. The Bertz CT molecular complexity index is 309. The van der Waals surface area contributed by atoms with Gasteiger partial charge in [-0.05, 0) is 51.5 Å². The molecule has 3 fully saturated rings. The number of fused-ring (bicyclic) bond motifs is 2. The lowest BCUT2D eigenvalue weighted by Crippen LogP contribution is -2.56. The molecule has 0 amide bonds. The molecule has 0 aromatic heterocycles. The zero-order valence-corrected chi connectivity index (χ0v) is 11.2. The Hall–Kier alpha value is -0.120. The van der Waals surface area contributed by atoms with Gasteiger partial charge in [0.05, 0.1) is 5.60 Å². The zero-order chi connectivity index (χ0) is 12.3. The normalized spacial score (nSPS) is 54.7. The third kappa shape index (κ3) is 1.45. The summed E-state index contributed by atoms with van der Waals surface area (Å²) >= 11 is 0. The topological polar surface area (TPSA) is 49.5 Å². The second kappa shape index (κ2) is 3.69. The Morgan fingerprint density at radius 3 is 2.53 bits per heavy atom. The Morgan fingerprint density at radius 2 is 2.12 bits per heavy atom. The van der Waals surface area contributed by atoms with Crippen molar-refractivity contribution in [2.75, 3.05) is 20.1 Å². The molecule has 17 heavy (non-hydrogen) atoms. The summed E-state index contributed by atoms with van der Waals surface area (Å²) in [6, 6.07) is 0.488. The highest BCUT2D eigenvalue weighted by Crippen LogP contribution is 2.62. The molecule has 1 saturated heterocycles. The molecule has 1 aliphatic heterocycles. The van der Waals surface area contributed by atoms with Gasteiger partial charge in [-0.25, -0.2) is 0 Å². The summed E-state index contributed by atoms with van der Waals surface area (Å²) in [4.78, 5) is 2.30. The molecular formula is C14H26N2O. The minimum absolute atomic E-state index is 0.0228. The molecule has 2 bridgehead atoms. The number of β-amino-alcohol motifs (C(OH)–C–C–N with tert-alkyl or cyclic N) is 1. The largest absolute Gasteiger partial charge is 0.388 e. The summed E-state index contributed by atoms with van der Waals surface area (Å²) in [6.45, 7) is 3.70. The van der Waals surface area contributed by atoms with Crippen LogP contribution in [0.25, 0.3) is 0 Å². The molecule has 5 unspecified atom stereocenters. The first-order valence-electron chi connectivity index (χ1n) is 7.13. The van der Waals surface area contributed by atoms with Gasteiger partial charge in [0.15, 0.2) is 0 Å². The molecule has 0 aromatic carbocycles. The molecule has 98 valence electrons. The number of aliphatic hydroxyl groups is 1. The van der Waals surface area contributed by atoms with Crippen LogP contribution >= 0.6 is 0 Å². The molecule has 2 saturated carbocycles. The lowest BCUT2D eigenvalue weighted by Gasteiger charge is -2.48. The van der Waals surface area contributed by atoms with E-state index in [0.29, 0.717) is 18.5 Å². The average molecular weight is 238 g/mol. The minimum Gasteiger partial charge on any atom is -0.388 e. The number of likely N-dealkylation sites (N-methyl/N-ethyl adjacent to an activating group) is 1. The maximum atomic E-state index is 11.2. The molecule has 3 aliphatic rings. The van der Waals surface area contributed by atoms with E-state index in [1.807, 2.05) is 0 Å². The predicted octanol–water partition coefficient (Wildman–Crippen LogP) is 1.21. The fourth-order valence-corrected chi connectivity index (χ4v) is 5.09. The molecule has 3 nitrogen and oxygen atoms in total. The fourth-order valence-electron chi connectivity index (χ4n) is 5.09. The van der Waals surface area contributed by atoms with Crippen LogP contribution in [0, 0.1) is 17.3 Å². The summed E-state index contributed by atoms with van der Waals surface area (Å²) in [7, 11) is 2.13. The average Bonchev–Trinajstić information content (AvgIpc) is 2.93. The minimum atomic E-state index is -0.532. The van der Waals surface area contributed by atoms with Crippen LogP contribution in [-0.2, 0) is 0 Å². The Morgan fingerprint density at radius 1 is 1.35 bits per heavy atom. The van der Waals surface area contributed by atoms with Crippen LogP contribution in [0.15, 0.2) is 0 Å². The molecule has 5 atom stereocenters. The van der Waals surface area contributed by atoms with Crippen molar-refractivity contribution in [2.45, 2.75) is 50.7 Å². The second-order valence-corrected chi connectivity index (χ2v) is 6.94. The molecule has 2 aliphatic carbocycles. The summed E-state index contributed by atoms with van der Waals surface area (Å²) in [5.41, 5.74) is 5.62. The molecule has 1 heterocycles. The van der Waals surface area contributed by atoms with E-state index in [2.05, 4.69) is 18.9 Å². The molecule has 0 spiro atoms. The molecule has 0 aromatic rings. The highest BCUT2D eigenvalue weighted by Gasteiger charge is 2.62. The van der Waals surface area contributed by atoms with Gasteiger partial charge in [0, 0.05) is 24.5 Å². The first kappa shape index (κ1) is 11.9. The van der Waals surface area contributed by atoms with Gasteiger partial charge in [0.25, 0.3) is 0 Å². The highest BCUT2D eigenvalue weighted by atomic mass is 16.3. The lowest BCUT2D eigenvalue weighted by atomic mass is 9.61. The van der Waals surface area contributed by atoms with Crippen molar-refractivity contribution in [3.05, 3.63) is 0 Å². The monoisotopic (exact) mass is 238 g/mol. The fraction of sp³-hybridized carbons (Fsp3) is 1.00. The van der Waals surface area contributed by atoms with Crippen molar-refractivity contribution in [3.8, 4) is 0 Å². The van der Waals surface area contributed by atoms with E-state index in [-0.39, 0.29) is 5.41 Å². The van der Waals surface area contributed by atoms with Gasteiger partial charge in [0.2, 0.25) is 0 Å². The first-order valence-corrected chi connectivity index (χ1v) is 7.13. The van der Waals surface area contributed by atoms with Crippen molar-refractivity contribution in [1.82, 2.24) is 4.90 Å². The van der Waals surface area contributed by atoms with Crippen LogP contribution in [0.1, 0.15) is 39.0 Å². The maximum Gasteiger partial charge on any atom is 0.0859 e. The van der Waals surface area contributed by atoms with Crippen LogP contribution in [0.5, 0.6) is 0 Å². The van der Waals surface area contributed by atoms with Gasteiger partial charge in [0.1, 0.15) is 0 Å². The molecule has 3 heteroatoms. The summed E-state index contributed by atoms with van der Waals surface area (Å²) in [5.74, 6) is 1.52. The van der Waals surface area contributed by atoms with Gasteiger partial charge in [-0.3, -0.25) is 0 Å². The zero-order valence-electron chi connectivity index (χ0n) is 11.2. The first-order chi connectivity index (χ1) is 8.01. The van der Waals surface area contributed by atoms with E-state index in [0.717, 1.165) is 18.9 Å². The Labute approximate surface area is 104 Å². The summed E-state index contributed by atoms with van der Waals surface area (Å²) in [6.07, 6.45) is 6.06. The van der Waals surface area contributed by atoms with Crippen LogP contribution in [0.2, 0.25) is 0 Å². The van der Waals surface area contributed by atoms with Crippen molar-refractivity contribution in [1.29, 1.82) is 0 Å². The highest BCUT2D eigenvalue weighted by molar-refractivity contribution is 5.14. The lowest BCUT2D eigenvalue weighted by molar-refractivity contribution is -0.100. The van der Waals surface area contributed by atoms with Gasteiger partial charge in [-0.15, -0.1) is 0 Å². The Kier molecular flexibility index (Phi) is 2.59. The van der Waals surface area contributed by atoms with Gasteiger partial charge < -0.3 is 15.7 Å². The standard InChI is InChI=1S/C14H26N2O/c1-10-6-14(17,9-16(10)2)13(8-15)7-11-3-4-12(13)5-11/h10-12,17H,3-9,15H2,1-2H3. The number of hydrogen-bond donors (Lipinski definition) is 2. The van der Waals surface area contributed by atoms with Crippen molar-refractivity contribution in [3.63, 3.8) is 0 Å². The Balaban J connectivity index is 1.91. The van der Waals surface area contributed by atoms with Crippen LogP contribution in [-0.4, -0.2) is 41.8 Å². The van der Waals surface area contributed by atoms with Crippen LogP contribution in [0.4, 0.5) is 0 Å². The number of nitrogens with zero attached hydrogens (tertiary/aromatic N) is 1. The predicted molar refractivity (Wildman–Crippen MR) is 68.6 cm³/mol. The third-order valence-electron chi connectivity index (χ3n) is 6.16. The van der Waals surface area contributed by atoms with E-state index in [1.165, 1.54) is 25.7 Å². The third-order valence-corrected chi connectivity index (χ3v) is 6.16. The van der Waals surface area contributed by atoms with Gasteiger partial charge in [-0.2, -0.15) is 0 Å². The van der Waals surface area contributed by atoms with Gasteiger partial charge >= 0.3 is 0 Å². The summed E-state index contributed by atoms with van der Waals surface area (Å²) in [5, 5.41) is 11.2. The molecular weight excluding hydrogens is 212 g/mol.